The van der Waals surface area contributed by atoms with Gasteiger partial charge >= 0.3 is 0 Å². The third-order valence-electron chi connectivity index (χ3n) is 3.87. The molecule has 1 unspecified atom stereocenters. The molecule has 1 aromatic rings. The smallest absolute Gasteiger partial charge is 0.126 e. The number of imidazole rings is 1. The molecule has 2 fully saturated rings. The molecule has 18 heavy (non-hydrogen) atoms. The maximum absolute atomic E-state index is 5.63. The molecule has 1 atom stereocenters. The van der Waals surface area contributed by atoms with E-state index >= 15 is 0 Å². The Bertz CT molecular complexity index is 387. The molecular weight excluding hydrogens is 230 g/mol. The zero-order valence-electron chi connectivity index (χ0n) is 10.9. The first kappa shape index (κ1) is 12.1. The van der Waals surface area contributed by atoms with E-state index in [9.17, 15) is 0 Å². The van der Waals surface area contributed by atoms with Crippen LogP contribution in [0.2, 0.25) is 0 Å². The fourth-order valence-electron chi connectivity index (χ4n) is 2.91. The van der Waals surface area contributed by atoms with Gasteiger partial charge in [-0.25, -0.2) is 4.98 Å². The van der Waals surface area contributed by atoms with Gasteiger partial charge in [-0.2, -0.15) is 0 Å². The van der Waals surface area contributed by atoms with Gasteiger partial charge in [0, 0.05) is 37.7 Å². The SMILES string of the molecule is Cc1cnc(C2COCCN2C2CCOCC2)[nH]1. The molecule has 0 aromatic carbocycles. The van der Waals surface area contributed by atoms with Gasteiger partial charge in [-0.1, -0.05) is 0 Å². The molecule has 1 aromatic heterocycles. The topological polar surface area (TPSA) is 50.4 Å². The van der Waals surface area contributed by atoms with Crippen molar-refractivity contribution in [3.8, 4) is 0 Å². The first-order valence-electron chi connectivity index (χ1n) is 6.77. The quantitative estimate of drug-likeness (QED) is 0.860. The van der Waals surface area contributed by atoms with Gasteiger partial charge in [-0.05, 0) is 19.8 Å². The number of aryl methyl sites for hydroxylation is 1. The highest BCUT2D eigenvalue weighted by atomic mass is 16.5. The van der Waals surface area contributed by atoms with Crippen molar-refractivity contribution >= 4 is 0 Å². The maximum Gasteiger partial charge on any atom is 0.126 e. The van der Waals surface area contributed by atoms with Gasteiger partial charge in [-0.15, -0.1) is 0 Å². The number of ether oxygens (including phenoxy) is 2. The second-order valence-electron chi connectivity index (χ2n) is 5.12. The molecule has 0 bridgehead atoms. The molecule has 0 amide bonds. The Kier molecular flexibility index (Phi) is 3.63. The van der Waals surface area contributed by atoms with Crippen molar-refractivity contribution in [2.75, 3.05) is 33.0 Å². The van der Waals surface area contributed by atoms with Crippen molar-refractivity contribution in [1.29, 1.82) is 0 Å². The van der Waals surface area contributed by atoms with E-state index in [0.29, 0.717) is 6.04 Å². The average molecular weight is 251 g/mol. The highest BCUT2D eigenvalue weighted by molar-refractivity contribution is 5.05. The fourth-order valence-corrected chi connectivity index (χ4v) is 2.91. The number of aromatic nitrogens is 2. The highest BCUT2D eigenvalue weighted by Crippen LogP contribution is 2.28. The molecule has 5 heteroatoms. The monoisotopic (exact) mass is 251 g/mol. The number of morpholine rings is 1. The Balaban J connectivity index is 1.76. The zero-order valence-corrected chi connectivity index (χ0v) is 10.9. The molecular formula is C13H21N3O2. The summed E-state index contributed by atoms with van der Waals surface area (Å²) < 4.78 is 11.1. The second-order valence-corrected chi connectivity index (χ2v) is 5.12. The lowest BCUT2D eigenvalue weighted by Crippen LogP contribution is -2.48. The summed E-state index contributed by atoms with van der Waals surface area (Å²) in [7, 11) is 0. The number of rotatable bonds is 2. The van der Waals surface area contributed by atoms with Crippen LogP contribution in [0.4, 0.5) is 0 Å². The number of nitrogens with zero attached hydrogens (tertiary/aromatic N) is 2. The molecule has 5 nitrogen and oxygen atoms in total. The van der Waals surface area contributed by atoms with Gasteiger partial charge < -0.3 is 14.5 Å². The van der Waals surface area contributed by atoms with Crippen molar-refractivity contribution in [2.24, 2.45) is 0 Å². The zero-order chi connectivity index (χ0) is 12.4. The first-order valence-corrected chi connectivity index (χ1v) is 6.77. The number of H-pyrrole nitrogens is 1. The number of hydrogen-bond donors (Lipinski definition) is 1. The Morgan fingerprint density at radius 1 is 1.28 bits per heavy atom. The van der Waals surface area contributed by atoms with Gasteiger partial charge in [0.2, 0.25) is 0 Å². The van der Waals surface area contributed by atoms with Crippen LogP contribution >= 0.6 is 0 Å². The lowest BCUT2D eigenvalue weighted by atomic mass is 10.0. The lowest BCUT2D eigenvalue weighted by molar-refractivity contribution is -0.0589. The summed E-state index contributed by atoms with van der Waals surface area (Å²) in [5, 5.41) is 0. The Morgan fingerprint density at radius 3 is 2.83 bits per heavy atom. The Hall–Kier alpha value is -0.910. The van der Waals surface area contributed by atoms with Crippen molar-refractivity contribution in [3.05, 3.63) is 17.7 Å². The molecule has 0 saturated carbocycles. The average Bonchev–Trinajstić information content (AvgIpc) is 2.86. The largest absolute Gasteiger partial charge is 0.381 e. The normalized spacial score (nSPS) is 27.5. The van der Waals surface area contributed by atoms with Crippen LogP contribution < -0.4 is 0 Å². The predicted molar refractivity (Wildman–Crippen MR) is 67.4 cm³/mol. The molecule has 100 valence electrons. The summed E-state index contributed by atoms with van der Waals surface area (Å²) >= 11 is 0. The van der Waals surface area contributed by atoms with Crippen LogP contribution in [0.1, 0.15) is 30.4 Å². The van der Waals surface area contributed by atoms with E-state index in [1.165, 1.54) is 0 Å². The van der Waals surface area contributed by atoms with E-state index in [1.54, 1.807) is 0 Å². The van der Waals surface area contributed by atoms with Crippen LogP contribution in [0, 0.1) is 6.92 Å². The fraction of sp³-hybridized carbons (Fsp3) is 0.769. The van der Waals surface area contributed by atoms with Gasteiger partial charge in [-0.3, -0.25) is 4.90 Å². The van der Waals surface area contributed by atoms with Crippen molar-refractivity contribution < 1.29 is 9.47 Å². The molecule has 0 spiro atoms. The summed E-state index contributed by atoms with van der Waals surface area (Å²) in [6.07, 6.45) is 4.14. The predicted octanol–water partition coefficient (Wildman–Crippen LogP) is 1.27. The van der Waals surface area contributed by atoms with Crippen molar-refractivity contribution in [3.63, 3.8) is 0 Å². The van der Waals surface area contributed by atoms with Gasteiger partial charge in [0.15, 0.2) is 0 Å². The molecule has 0 radical (unpaired) electrons. The molecule has 3 rings (SSSR count). The summed E-state index contributed by atoms with van der Waals surface area (Å²) in [6, 6.07) is 0.883. The molecule has 0 aliphatic carbocycles. The van der Waals surface area contributed by atoms with Crippen LogP contribution in [0.3, 0.4) is 0 Å². The van der Waals surface area contributed by atoms with Crippen LogP contribution in [-0.2, 0) is 9.47 Å². The van der Waals surface area contributed by atoms with E-state index in [0.717, 1.165) is 57.3 Å². The van der Waals surface area contributed by atoms with E-state index in [1.807, 2.05) is 13.1 Å². The minimum atomic E-state index is 0.274. The number of hydrogen-bond acceptors (Lipinski definition) is 4. The molecule has 3 heterocycles. The summed E-state index contributed by atoms with van der Waals surface area (Å²) in [6.45, 7) is 6.36. The van der Waals surface area contributed by atoms with Crippen molar-refractivity contribution in [1.82, 2.24) is 14.9 Å². The second kappa shape index (κ2) is 5.38. The molecule has 2 saturated heterocycles. The van der Waals surface area contributed by atoms with E-state index in [4.69, 9.17) is 9.47 Å². The molecule has 2 aliphatic rings. The van der Waals surface area contributed by atoms with Gasteiger partial charge in [0.05, 0.1) is 19.3 Å². The minimum absolute atomic E-state index is 0.274. The lowest BCUT2D eigenvalue weighted by Gasteiger charge is -2.41. The van der Waals surface area contributed by atoms with Gasteiger partial charge in [0.1, 0.15) is 5.82 Å². The highest BCUT2D eigenvalue weighted by Gasteiger charge is 2.32. The number of aromatic amines is 1. The van der Waals surface area contributed by atoms with E-state index in [-0.39, 0.29) is 6.04 Å². The summed E-state index contributed by atoms with van der Waals surface area (Å²) in [5.41, 5.74) is 1.11. The molecule has 1 N–H and O–H groups in total. The Labute approximate surface area is 107 Å². The first-order chi connectivity index (χ1) is 8.84. The standard InChI is InChI=1S/C13H21N3O2/c1-10-8-14-13(15-10)12-9-18-7-4-16(12)11-2-5-17-6-3-11/h8,11-12H,2-7,9H2,1H3,(H,14,15). The van der Waals surface area contributed by atoms with E-state index in [2.05, 4.69) is 14.9 Å². The van der Waals surface area contributed by atoms with E-state index < -0.39 is 0 Å². The third kappa shape index (κ3) is 2.43. The van der Waals surface area contributed by atoms with Crippen LogP contribution in [0.25, 0.3) is 0 Å². The van der Waals surface area contributed by atoms with Crippen LogP contribution in [0.15, 0.2) is 6.20 Å². The Morgan fingerprint density at radius 2 is 2.11 bits per heavy atom. The summed E-state index contributed by atoms with van der Waals surface area (Å²) in [4.78, 5) is 10.4. The van der Waals surface area contributed by atoms with Crippen molar-refractivity contribution in [2.45, 2.75) is 31.8 Å². The maximum atomic E-state index is 5.63. The summed E-state index contributed by atoms with van der Waals surface area (Å²) in [5.74, 6) is 1.04. The minimum Gasteiger partial charge on any atom is -0.381 e. The van der Waals surface area contributed by atoms with Crippen LogP contribution in [0.5, 0.6) is 0 Å². The molecule has 2 aliphatic heterocycles. The number of nitrogens with one attached hydrogen (secondary N) is 1. The van der Waals surface area contributed by atoms with Gasteiger partial charge in [0.25, 0.3) is 0 Å². The van der Waals surface area contributed by atoms with Crippen LogP contribution in [-0.4, -0.2) is 53.9 Å². The third-order valence-corrected chi connectivity index (χ3v) is 3.87.